The van der Waals surface area contributed by atoms with E-state index in [-0.39, 0.29) is 25.7 Å². The molecule has 107 heavy (non-hydrogen) atoms. The summed E-state index contributed by atoms with van der Waals surface area (Å²) >= 11 is 0. The van der Waals surface area contributed by atoms with Gasteiger partial charge >= 0.3 is 39.5 Å². The number of ether oxygens (including phenoxy) is 4. The van der Waals surface area contributed by atoms with Crippen LogP contribution in [0.15, 0.2) is 0 Å². The Hall–Kier alpha value is -1.94. The van der Waals surface area contributed by atoms with Crippen molar-refractivity contribution in [3.05, 3.63) is 0 Å². The second kappa shape index (κ2) is 80.7. The van der Waals surface area contributed by atoms with Crippen molar-refractivity contribution in [1.29, 1.82) is 0 Å². The minimum Gasteiger partial charge on any atom is -0.462 e. The smallest absolute Gasteiger partial charge is 0.462 e. The van der Waals surface area contributed by atoms with Crippen LogP contribution in [-0.4, -0.2) is 96.7 Å². The van der Waals surface area contributed by atoms with E-state index in [0.29, 0.717) is 25.7 Å². The number of rotatable bonds is 88. The lowest BCUT2D eigenvalue weighted by molar-refractivity contribution is -0.161. The second-order valence-corrected chi connectivity index (χ2v) is 34.8. The summed E-state index contributed by atoms with van der Waals surface area (Å²) in [5.74, 6) is -1.23. The Morgan fingerprint density at radius 3 is 0.664 bits per heavy atom. The fourth-order valence-corrected chi connectivity index (χ4v) is 15.4. The van der Waals surface area contributed by atoms with Gasteiger partial charge in [0.25, 0.3) is 0 Å². The predicted molar refractivity (Wildman–Crippen MR) is 442 cm³/mol. The minimum absolute atomic E-state index is 0.109. The monoisotopic (exact) mass is 1560 g/mol. The average molecular weight is 1560 g/mol. The number of phosphoric acid groups is 2. The third kappa shape index (κ3) is 80.5. The van der Waals surface area contributed by atoms with Gasteiger partial charge in [-0.05, 0) is 31.6 Å². The highest BCUT2D eigenvalue weighted by Gasteiger charge is 2.30. The Bertz CT molecular complexity index is 2030. The van der Waals surface area contributed by atoms with E-state index in [0.717, 1.165) is 95.8 Å². The molecule has 0 aliphatic rings. The molecule has 0 aromatic rings. The van der Waals surface area contributed by atoms with E-state index in [1.807, 2.05) is 0 Å². The van der Waals surface area contributed by atoms with Crippen molar-refractivity contribution in [2.75, 3.05) is 39.6 Å². The highest BCUT2D eigenvalue weighted by atomic mass is 31.2. The molecule has 17 nitrogen and oxygen atoms in total. The SMILES string of the molecule is CCCCCCCCCCCCCCCCCCCCCC(=O)OC[C@H](COP(=O)(O)OC[C@@H](O)COP(=O)(O)OC[C@@H](COC(=O)CCCCCCCCCC)OC(=O)CCCCCCCCCCCCCCCCCCCC)OC(=O)CCCCCCCCCCCCCCCCCCCCC(C)CC. The van der Waals surface area contributed by atoms with Crippen LogP contribution < -0.4 is 0 Å². The quantitative estimate of drug-likeness (QED) is 0.0222. The number of esters is 4. The number of aliphatic hydroxyl groups excluding tert-OH is 1. The zero-order valence-electron chi connectivity index (χ0n) is 70.3. The second-order valence-electron chi connectivity index (χ2n) is 31.9. The largest absolute Gasteiger partial charge is 0.472 e. The van der Waals surface area contributed by atoms with Crippen LogP contribution in [0.2, 0.25) is 0 Å². The topological polar surface area (TPSA) is 237 Å². The Labute approximate surface area is 658 Å². The van der Waals surface area contributed by atoms with E-state index >= 15 is 0 Å². The van der Waals surface area contributed by atoms with Crippen LogP contribution in [0, 0.1) is 5.92 Å². The van der Waals surface area contributed by atoms with Gasteiger partial charge < -0.3 is 33.8 Å². The fraction of sp³-hybridized carbons (Fsp3) is 0.955. The first-order chi connectivity index (χ1) is 52.1. The summed E-state index contributed by atoms with van der Waals surface area (Å²) in [7, 11) is -9.93. The van der Waals surface area contributed by atoms with E-state index in [9.17, 15) is 43.2 Å². The highest BCUT2D eigenvalue weighted by molar-refractivity contribution is 7.47. The van der Waals surface area contributed by atoms with Crippen molar-refractivity contribution in [2.45, 2.75) is 496 Å². The lowest BCUT2D eigenvalue weighted by Gasteiger charge is -2.21. The number of hydrogen-bond acceptors (Lipinski definition) is 15. The van der Waals surface area contributed by atoms with Crippen molar-refractivity contribution in [1.82, 2.24) is 0 Å². The normalized spacial score (nSPS) is 14.0. The lowest BCUT2D eigenvalue weighted by Crippen LogP contribution is -2.30. The van der Waals surface area contributed by atoms with Crippen LogP contribution >= 0.6 is 15.6 Å². The molecule has 0 saturated carbocycles. The van der Waals surface area contributed by atoms with Crippen LogP contribution in [-0.2, 0) is 65.4 Å². The van der Waals surface area contributed by atoms with Gasteiger partial charge in [0.1, 0.15) is 19.3 Å². The summed E-state index contributed by atoms with van der Waals surface area (Å²) in [6.07, 6.45) is 75.1. The van der Waals surface area contributed by atoms with Gasteiger partial charge in [-0.25, -0.2) is 9.13 Å². The Morgan fingerprint density at radius 2 is 0.449 bits per heavy atom. The van der Waals surface area contributed by atoms with E-state index in [1.165, 1.54) is 302 Å². The molecule has 0 fully saturated rings. The molecule has 0 radical (unpaired) electrons. The minimum atomic E-state index is -4.97. The summed E-state index contributed by atoms with van der Waals surface area (Å²) in [6.45, 7) is 7.42. The van der Waals surface area contributed by atoms with Crippen LogP contribution in [0.4, 0.5) is 0 Å². The average Bonchev–Trinajstić information content (AvgIpc) is 0.904. The maximum absolute atomic E-state index is 13.2. The number of carbonyl (C=O) groups is 4. The zero-order chi connectivity index (χ0) is 78.3. The number of unbranched alkanes of at least 4 members (excludes halogenated alkanes) is 59. The standard InChI is InChI=1S/C88H172O17P2/c1-6-10-13-16-19-22-24-26-28-30-32-37-40-44-48-52-57-62-67-72-86(91)99-78-84(105-88(93)74-69-64-59-54-50-46-42-38-34-33-35-39-43-47-51-55-60-65-70-81(5)9-4)80-103-107(96,97)101-76-82(89)75-100-106(94,95)102-79-83(77-98-85(90)71-66-61-56-21-18-15-12-8-3)104-87(92)73-68-63-58-53-49-45-41-36-31-29-27-25-23-20-17-14-11-7-2/h81-84,89H,6-80H2,1-5H3,(H,94,95)(H,96,97)/t81?,82-,83+,84+/m0/s1. The lowest BCUT2D eigenvalue weighted by atomic mass is 9.99. The van der Waals surface area contributed by atoms with Gasteiger partial charge in [-0.2, -0.15) is 0 Å². The Kier molecular flexibility index (Phi) is 79.2. The summed E-state index contributed by atoms with van der Waals surface area (Å²) in [5, 5.41) is 10.7. The molecule has 0 aliphatic heterocycles. The molecule has 0 saturated heterocycles. The van der Waals surface area contributed by atoms with Gasteiger partial charge in [-0.15, -0.1) is 0 Å². The third-order valence-electron chi connectivity index (χ3n) is 21.1. The predicted octanol–water partition coefficient (Wildman–Crippen LogP) is 27.2. The molecule has 3 unspecified atom stereocenters. The van der Waals surface area contributed by atoms with E-state index in [4.69, 9.17) is 37.0 Å². The first kappa shape index (κ1) is 105. The molecule has 0 spiro atoms. The number of phosphoric ester groups is 2. The molecular formula is C88H172O17P2. The molecule has 3 N–H and O–H groups in total. The summed E-state index contributed by atoms with van der Waals surface area (Å²) in [4.78, 5) is 73.2. The zero-order valence-corrected chi connectivity index (χ0v) is 72.1. The summed E-state index contributed by atoms with van der Waals surface area (Å²) in [6, 6.07) is 0. The van der Waals surface area contributed by atoms with Crippen LogP contribution in [0.5, 0.6) is 0 Å². The molecule has 0 aromatic heterocycles. The number of hydrogen-bond donors (Lipinski definition) is 3. The van der Waals surface area contributed by atoms with E-state index in [2.05, 4.69) is 34.6 Å². The Balaban J connectivity index is 5.18. The first-order valence-electron chi connectivity index (χ1n) is 45.7. The molecule has 0 rings (SSSR count). The van der Waals surface area contributed by atoms with Crippen molar-refractivity contribution < 1.29 is 80.2 Å². The van der Waals surface area contributed by atoms with Gasteiger partial charge in [0.2, 0.25) is 0 Å². The third-order valence-corrected chi connectivity index (χ3v) is 23.0. The van der Waals surface area contributed by atoms with Crippen molar-refractivity contribution in [3.8, 4) is 0 Å². The van der Waals surface area contributed by atoms with Gasteiger partial charge in [-0.1, -0.05) is 426 Å². The Morgan fingerprint density at radius 1 is 0.262 bits per heavy atom. The number of carbonyl (C=O) groups excluding carboxylic acids is 4. The van der Waals surface area contributed by atoms with E-state index < -0.39 is 97.5 Å². The molecule has 636 valence electrons. The molecule has 0 bridgehead atoms. The van der Waals surface area contributed by atoms with Gasteiger partial charge in [0, 0.05) is 25.7 Å². The maximum Gasteiger partial charge on any atom is 0.472 e. The van der Waals surface area contributed by atoms with Crippen molar-refractivity contribution in [3.63, 3.8) is 0 Å². The first-order valence-corrected chi connectivity index (χ1v) is 48.7. The van der Waals surface area contributed by atoms with Crippen LogP contribution in [0.1, 0.15) is 478 Å². The fourth-order valence-electron chi connectivity index (χ4n) is 13.8. The maximum atomic E-state index is 13.2. The van der Waals surface area contributed by atoms with E-state index in [1.54, 1.807) is 0 Å². The summed E-state index contributed by atoms with van der Waals surface area (Å²) < 4.78 is 68.9. The molecule has 0 aliphatic carbocycles. The van der Waals surface area contributed by atoms with Gasteiger partial charge in [-0.3, -0.25) is 37.3 Å². The molecule has 0 heterocycles. The van der Waals surface area contributed by atoms with Crippen molar-refractivity contribution >= 4 is 39.5 Å². The molecular weight excluding hydrogens is 1390 g/mol. The molecule has 0 amide bonds. The number of aliphatic hydroxyl groups is 1. The molecule has 0 aromatic carbocycles. The van der Waals surface area contributed by atoms with Gasteiger partial charge in [0.05, 0.1) is 26.4 Å². The van der Waals surface area contributed by atoms with Gasteiger partial charge in [0.15, 0.2) is 12.2 Å². The molecule has 6 atom stereocenters. The highest BCUT2D eigenvalue weighted by Crippen LogP contribution is 2.45. The summed E-state index contributed by atoms with van der Waals surface area (Å²) in [5.41, 5.74) is 0. The van der Waals surface area contributed by atoms with Crippen LogP contribution in [0.25, 0.3) is 0 Å². The molecule has 19 heteroatoms. The van der Waals surface area contributed by atoms with Crippen molar-refractivity contribution in [2.24, 2.45) is 5.92 Å². The van der Waals surface area contributed by atoms with Crippen LogP contribution in [0.3, 0.4) is 0 Å².